The predicted molar refractivity (Wildman–Crippen MR) is 108 cm³/mol. The van der Waals surface area contributed by atoms with Crippen LogP contribution in [0.15, 0.2) is 29.9 Å². The molecule has 0 saturated carbocycles. The van der Waals surface area contributed by atoms with Crippen LogP contribution in [0, 0.1) is 13.8 Å². The fraction of sp³-hybridized carbons (Fsp3) is 0.316. The lowest BCUT2D eigenvalue weighted by Gasteiger charge is -2.38. The minimum absolute atomic E-state index is 0.00231. The number of rotatable bonds is 5. The molecule has 4 rings (SSSR count). The van der Waals surface area contributed by atoms with Crippen molar-refractivity contribution >= 4 is 34.3 Å². The van der Waals surface area contributed by atoms with Crippen LogP contribution in [-0.2, 0) is 11.8 Å². The van der Waals surface area contributed by atoms with Gasteiger partial charge < -0.3 is 10.2 Å². The lowest BCUT2D eigenvalue weighted by molar-refractivity contribution is -0.130. The average Bonchev–Trinajstić information content (AvgIpc) is 3.19. The first-order chi connectivity index (χ1) is 13.5. The summed E-state index contributed by atoms with van der Waals surface area (Å²) in [6.07, 6.45) is 6.97. The van der Waals surface area contributed by atoms with Gasteiger partial charge in [0.2, 0.25) is 5.91 Å². The van der Waals surface area contributed by atoms with Crippen LogP contribution in [-0.4, -0.2) is 48.6 Å². The van der Waals surface area contributed by atoms with Crippen LogP contribution >= 0.6 is 11.3 Å². The molecule has 0 radical (unpaired) electrons. The molecule has 0 unspecified atom stereocenters. The van der Waals surface area contributed by atoms with E-state index >= 15 is 0 Å². The Morgan fingerprint density at radius 2 is 2.11 bits per heavy atom. The Morgan fingerprint density at radius 3 is 2.79 bits per heavy atom. The Balaban J connectivity index is 1.38. The summed E-state index contributed by atoms with van der Waals surface area (Å²) >= 11 is 1.54. The van der Waals surface area contributed by atoms with Crippen molar-refractivity contribution in [3.8, 4) is 0 Å². The maximum Gasteiger partial charge on any atom is 0.246 e. The highest BCUT2D eigenvalue weighted by atomic mass is 32.1. The summed E-state index contributed by atoms with van der Waals surface area (Å²) in [4.78, 5) is 27.5. The van der Waals surface area contributed by atoms with Crippen LogP contribution in [0.5, 0.6) is 0 Å². The normalized spacial score (nSPS) is 14.5. The number of carbonyl (C=O) groups is 1. The molecule has 4 heterocycles. The number of nitrogens with zero attached hydrogens (tertiary/aromatic N) is 6. The molecule has 3 aromatic heterocycles. The van der Waals surface area contributed by atoms with Gasteiger partial charge in [-0.1, -0.05) is 0 Å². The van der Waals surface area contributed by atoms with Crippen LogP contribution in [0.4, 0.5) is 10.9 Å². The third-order valence-corrected chi connectivity index (χ3v) is 5.34. The molecule has 28 heavy (non-hydrogen) atoms. The number of anilines is 2. The van der Waals surface area contributed by atoms with E-state index in [2.05, 4.69) is 25.4 Å². The van der Waals surface area contributed by atoms with E-state index in [0.717, 1.165) is 27.9 Å². The molecule has 3 aromatic rings. The summed E-state index contributed by atoms with van der Waals surface area (Å²) in [5.74, 6) is 1.66. The van der Waals surface area contributed by atoms with Gasteiger partial charge in [-0.3, -0.25) is 9.48 Å². The summed E-state index contributed by atoms with van der Waals surface area (Å²) in [5.41, 5.74) is 2.84. The molecular formula is C19H21N7OS. The number of carbonyl (C=O) groups excluding carboxylic acids is 1. The Kier molecular flexibility index (Phi) is 4.91. The van der Waals surface area contributed by atoms with Gasteiger partial charge in [-0.25, -0.2) is 15.0 Å². The summed E-state index contributed by atoms with van der Waals surface area (Å²) in [5, 5.41) is 10.1. The second kappa shape index (κ2) is 7.51. The monoisotopic (exact) mass is 395 g/mol. The molecule has 9 heteroatoms. The van der Waals surface area contributed by atoms with Crippen molar-refractivity contribution in [3.05, 3.63) is 52.7 Å². The smallest absolute Gasteiger partial charge is 0.246 e. The van der Waals surface area contributed by atoms with Crippen molar-refractivity contribution in [1.29, 1.82) is 0 Å². The van der Waals surface area contributed by atoms with Gasteiger partial charge in [-0.05, 0) is 19.9 Å². The Labute approximate surface area is 167 Å². The first kappa shape index (κ1) is 18.3. The average molecular weight is 395 g/mol. The van der Waals surface area contributed by atoms with E-state index in [4.69, 9.17) is 0 Å². The largest absolute Gasteiger partial charge is 0.338 e. The topological polar surface area (TPSA) is 88.8 Å². The fourth-order valence-electron chi connectivity index (χ4n) is 3.03. The van der Waals surface area contributed by atoms with Gasteiger partial charge in [0, 0.05) is 55.3 Å². The number of hydrogen-bond acceptors (Lipinski definition) is 7. The van der Waals surface area contributed by atoms with Gasteiger partial charge in [0.05, 0.1) is 17.6 Å². The van der Waals surface area contributed by atoms with Crippen LogP contribution in [0.3, 0.4) is 0 Å². The number of amides is 1. The molecule has 8 nitrogen and oxygen atoms in total. The Morgan fingerprint density at radius 1 is 1.29 bits per heavy atom. The van der Waals surface area contributed by atoms with Crippen LogP contribution in [0.1, 0.15) is 28.7 Å². The van der Waals surface area contributed by atoms with Crippen LogP contribution < -0.4 is 5.32 Å². The fourth-order valence-corrected chi connectivity index (χ4v) is 3.72. The molecular weight excluding hydrogens is 374 g/mol. The van der Waals surface area contributed by atoms with Gasteiger partial charge in [-0.15, -0.1) is 11.3 Å². The number of aromatic nitrogens is 5. The second-order valence-corrected chi connectivity index (χ2v) is 7.72. The van der Waals surface area contributed by atoms with Gasteiger partial charge in [-0.2, -0.15) is 5.10 Å². The molecule has 0 bridgehead atoms. The maximum atomic E-state index is 12.3. The highest BCUT2D eigenvalue weighted by molar-refractivity contribution is 7.13. The van der Waals surface area contributed by atoms with Crippen LogP contribution in [0.2, 0.25) is 0 Å². The molecule has 0 aromatic carbocycles. The van der Waals surface area contributed by atoms with Gasteiger partial charge in [0.15, 0.2) is 5.13 Å². The minimum Gasteiger partial charge on any atom is -0.338 e. The zero-order chi connectivity index (χ0) is 19.7. The quantitative estimate of drug-likeness (QED) is 0.668. The van der Waals surface area contributed by atoms with E-state index in [0.29, 0.717) is 18.9 Å². The van der Waals surface area contributed by atoms with E-state index in [9.17, 15) is 4.79 Å². The van der Waals surface area contributed by atoms with Gasteiger partial charge in [0.25, 0.3) is 0 Å². The van der Waals surface area contributed by atoms with E-state index in [-0.39, 0.29) is 11.8 Å². The summed E-state index contributed by atoms with van der Waals surface area (Å²) < 4.78 is 1.71. The highest BCUT2D eigenvalue weighted by Crippen LogP contribution is 2.28. The number of hydrogen-bond donors (Lipinski definition) is 1. The third kappa shape index (κ3) is 4.09. The number of nitrogens with one attached hydrogen (secondary N) is 1. The molecule has 1 N–H and O–H groups in total. The van der Waals surface area contributed by atoms with Crippen molar-refractivity contribution in [2.75, 3.05) is 18.4 Å². The second-order valence-electron chi connectivity index (χ2n) is 6.87. The maximum absolute atomic E-state index is 12.3. The van der Waals surface area contributed by atoms with Crippen LogP contribution in [0.25, 0.3) is 6.08 Å². The SMILES string of the molecule is Cc1csc(Nc2cc(C3CN(C(=O)C=Cc4cnn(C)c4)C3)nc(C)n2)n1. The molecule has 0 spiro atoms. The minimum atomic E-state index is 0.00231. The zero-order valence-electron chi connectivity index (χ0n) is 16.0. The van der Waals surface area contributed by atoms with Crippen molar-refractivity contribution in [2.45, 2.75) is 19.8 Å². The standard InChI is InChI=1S/C19H21N7OS/c1-12-11-28-19(21-12)24-17-6-16(22-13(2)23-17)15-9-26(10-15)18(27)5-4-14-7-20-25(3)8-14/h4-8,11,15H,9-10H2,1-3H3,(H,21,22,23,24). The number of thiazole rings is 1. The highest BCUT2D eigenvalue weighted by Gasteiger charge is 2.32. The molecule has 144 valence electrons. The molecule has 1 aliphatic rings. The van der Waals surface area contributed by atoms with Crippen molar-refractivity contribution in [2.24, 2.45) is 7.05 Å². The first-order valence-electron chi connectivity index (χ1n) is 8.96. The Hall–Kier alpha value is -3.07. The van der Waals surface area contributed by atoms with Gasteiger partial charge in [0.1, 0.15) is 11.6 Å². The molecule has 1 saturated heterocycles. The van der Waals surface area contributed by atoms with Crippen molar-refractivity contribution in [1.82, 2.24) is 29.6 Å². The predicted octanol–water partition coefficient (Wildman–Crippen LogP) is 2.67. The molecule has 0 aliphatic carbocycles. The zero-order valence-corrected chi connectivity index (χ0v) is 16.8. The lowest BCUT2D eigenvalue weighted by Crippen LogP contribution is -2.48. The molecule has 1 aliphatic heterocycles. The summed E-state index contributed by atoms with van der Waals surface area (Å²) in [6.45, 7) is 5.14. The van der Waals surface area contributed by atoms with E-state index in [1.165, 1.54) is 0 Å². The molecule has 0 atom stereocenters. The third-order valence-electron chi connectivity index (χ3n) is 4.47. The first-order valence-corrected chi connectivity index (χ1v) is 9.84. The van der Waals surface area contributed by atoms with E-state index < -0.39 is 0 Å². The van der Waals surface area contributed by atoms with E-state index in [1.54, 1.807) is 34.4 Å². The molecule has 1 amide bonds. The van der Waals surface area contributed by atoms with E-state index in [1.807, 2.05) is 43.4 Å². The molecule has 1 fully saturated rings. The van der Waals surface area contributed by atoms with Gasteiger partial charge >= 0.3 is 0 Å². The van der Waals surface area contributed by atoms with Crippen molar-refractivity contribution in [3.63, 3.8) is 0 Å². The number of likely N-dealkylation sites (tertiary alicyclic amines) is 1. The van der Waals surface area contributed by atoms with Crippen molar-refractivity contribution < 1.29 is 4.79 Å². The summed E-state index contributed by atoms with van der Waals surface area (Å²) in [6, 6.07) is 1.95. The lowest BCUT2D eigenvalue weighted by atomic mass is 9.95. The summed E-state index contributed by atoms with van der Waals surface area (Å²) in [7, 11) is 1.85. The Bertz CT molecular complexity index is 1030. The number of aryl methyl sites for hydroxylation is 3.